The highest BCUT2D eigenvalue weighted by Gasteiger charge is 1.85. The molecule has 1 heteroatoms. The highest BCUT2D eigenvalue weighted by molar-refractivity contribution is 5.83. The summed E-state index contributed by atoms with van der Waals surface area (Å²) in [7, 11) is 0. The van der Waals surface area contributed by atoms with E-state index in [1.165, 1.54) is 0 Å². The van der Waals surface area contributed by atoms with E-state index in [0.29, 0.717) is 0 Å². The summed E-state index contributed by atoms with van der Waals surface area (Å²) in [6.45, 7) is 9.57. The van der Waals surface area contributed by atoms with Gasteiger partial charge in [-0.25, -0.2) is 0 Å². The molecule has 0 amide bonds. The molecule has 0 N–H and O–H groups in total. The molecule has 0 bridgehead atoms. The minimum Gasteiger partial charge on any atom is -0.257 e. The van der Waals surface area contributed by atoms with E-state index in [9.17, 15) is 0 Å². The zero-order valence-electron chi connectivity index (χ0n) is 9.77. The molecule has 0 fully saturated rings. The smallest absolute Gasteiger partial charge is 0.0587 e. The molecule has 0 aliphatic carbocycles. The standard InChI is InChI=1S/C14H19N/c1-5-9-11-14(8-4)15-12-13(7-3)10-6-2/h5-12H,1H2,2-4H3/b10-6-,11-9-,13-7+,14-8+,15-12-. The van der Waals surface area contributed by atoms with Gasteiger partial charge in [0.05, 0.1) is 5.70 Å². The van der Waals surface area contributed by atoms with Gasteiger partial charge in [0.1, 0.15) is 0 Å². The molecular weight excluding hydrogens is 182 g/mol. The Hall–Kier alpha value is -1.63. The average Bonchev–Trinajstić information content (AvgIpc) is 2.27. The first kappa shape index (κ1) is 13.4. The number of hydrogen-bond acceptors (Lipinski definition) is 1. The second kappa shape index (κ2) is 8.95. The van der Waals surface area contributed by atoms with E-state index < -0.39 is 0 Å². The molecule has 0 heterocycles. The number of nitrogens with zero attached hydrogens (tertiary/aromatic N) is 1. The van der Waals surface area contributed by atoms with E-state index >= 15 is 0 Å². The van der Waals surface area contributed by atoms with Crippen LogP contribution in [0.2, 0.25) is 0 Å². The summed E-state index contributed by atoms with van der Waals surface area (Å²) in [5, 5.41) is 0. The van der Waals surface area contributed by atoms with Crippen LogP contribution >= 0.6 is 0 Å². The van der Waals surface area contributed by atoms with E-state index in [2.05, 4.69) is 11.6 Å². The Morgan fingerprint density at radius 2 is 1.80 bits per heavy atom. The molecule has 0 rings (SSSR count). The molecule has 1 nitrogen and oxygen atoms in total. The number of aliphatic imine (C=N–C) groups is 1. The first-order valence-corrected chi connectivity index (χ1v) is 5.07. The van der Waals surface area contributed by atoms with Crippen LogP contribution in [0.25, 0.3) is 0 Å². The highest BCUT2D eigenvalue weighted by Crippen LogP contribution is 2.01. The normalized spacial score (nSPS) is 14.6. The maximum absolute atomic E-state index is 4.35. The third kappa shape index (κ3) is 6.44. The molecule has 0 atom stereocenters. The van der Waals surface area contributed by atoms with Crippen LogP contribution in [-0.4, -0.2) is 6.21 Å². The van der Waals surface area contributed by atoms with Gasteiger partial charge >= 0.3 is 0 Å². The fourth-order valence-corrected chi connectivity index (χ4v) is 0.936. The van der Waals surface area contributed by atoms with Gasteiger partial charge in [-0.2, -0.15) is 0 Å². The van der Waals surface area contributed by atoms with Crippen LogP contribution in [0, 0.1) is 0 Å². The van der Waals surface area contributed by atoms with Gasteiger partial charge in [0.2, 0.25) is 0 Å². The van der Waals surface area contributed by atoms with E-state index in [1.54, 1.807) is 6.08 Å². The predicted molar refractivity (Wildman–Crippen MR) is 70.2 cm³/mol. The quantitative estimate of drug-likeness (QED) is 0.466. The summed E-state index contributed by atoms with van der Waals surface area (Å²) < 4.78 is 0. The summed E-state index contributed by atoms with van der Waals surface area (Å²) in [6, 6.07) is 0. The number of rotatable bonds is 5. The Bertz CT molecular complexity index is 325. The van der Waals surface area contributed by atoms with Gasteiger partial charge in [-0.05, 0) is 32.4 Å². The summed E-state index contributed by atoms with van der Waals surface area (Å²) >= 11 is 0. The summed E-state index contributed by atoms with van der Waals surface area (Å²) in [5.41, 5.74) is 2.03. The van der Waals surface area contributed by atoms with Crippen molar-refractivity contribution in [2.24, 2.45) is 4.99 Å². The molecule has 80 valence electrons. The van der Waals surface area contributed by atoms with E-state index in [-0.39, 0.29) is 0 Å². The Morgan fingerprint density at radius 3 is 2.27 bits per heavy atom. The van der Waals surface area contributed by atoms with Gasteiger partial charge in [0.15, 0.2) is 0 Å². The van der Waals surface area contributed by atoms with Crippen LogP contribution in [0.1, 0.15) is 20.8 Å². The molecule has 0 unspecified atom stereocenters. The van der Waals surface area contributed by atoms with Crippen molar-refractivity contribution in [1.82, 2.24) is 0 Å². The average molecular weight is 201 g/mol. The van der Waals surface area contributed by atoms with Crippen molar-refractivity contribution in [2.45, 2.75) is 20.8 Å². The SMILES string of the molecule is C=C\C=C/C(=C\C)/N=C\C(\C=C/C)=C\C. The van der Waals surface area contributed by atoms with E-state index in [4.69, 9.17) is 0 Å². The lowest BCUT2D eigenvalue weighted by molar-refractivity contribution is 1.39. The topological polar surface area (TPSA) is 12.4 Å². The Morgan fingerprint density at radius 1 is 1.07 bits per heavy atom. The lowest BCUT2D eigenvalue weighted by atomic mass is 10.2. The molecular formula is C14H19N. The Labute approximate surface area is 92.9 Å². The van der Waals surface area contributed by atoms with Crippen LogP contribution in [0.15, 0.2) is 65.4 Å². The molecule has 15 heavy (non-hydrogen) atoms. The second-order valence-corrected chi connectivity index (χ2v) is 2.86. The van der Waals surface area contributed by atoms with Gasteiger partial charge < -0.3 is 0 Å². The van der Waals surface area contributed by atoms with Crippen LogP contribution in [0.5, 0.6) is 0 Å². The van der Waals surface area contributed by atoms with Crippen LogP contribution in [-0.2, 0) is 0 Å². The largest absolute Gasteiger partial charge is 0.257 e. The lowest BCUT2D eigenvalue weighted by Gasteiger charge is -1.93. The number of hydrogen-bond donors (Lipinski definition) is 0. The maximum Gasteiger partial charge on any atom is 0.0587 e. The first-order valence-electron chi connectivity index (χ1n) is 5.07. The molecule has 0 radical (unpaired) electrons. The summed E-state index contributed by atoms with van der Waals surface area (Å²) in [5.74, 6) is 0. The zero-order chi connectivity index (χ0) is 11.5. The molecule has 0 saturated carbocycles. The van der Waals surface area contributed by atoms with Crippen molar-refractivity contribution >= 4 is 6.21 Å². The maximum atomic E-state index is 4.35. The molecule has 0 aliphatic rings. The molecule has 0 spiro atoms. The predicted octanol–water partition coefficient (Wildman–Crippen LogP) is 4.23. The van der Waals surface area contributed by atoms with Crippen molar-refractivity contribution < 1.29 is 0 Å². The minimum absolute atomic E-state index is 0.929. The lowest BCUT2D eigenvalue weighted by Crippen LogP contribution is -1.80. The highest BCUT2D eigenvalue weighted by atomic mass is 14.7. The summed E-state index contributed by atoms with van der Waals surface area (Å²) in [4.78, 5) is 4.35. The first-order chi connectivity index (χ1) is 7.28. The second-order valence-electron chi connectivity index (χ2n) is 2.86. The molecule has 0 aliphatic heterocycles. The van der Waals surface area contributed by atoms with Gasteiger partial charge in [0.25, 0.3) is 0 Å². The molecule has 0 aromatic carbocycles. The monoisotopic (exact) mass is 201 g/mol. The Kier molecular flexibility index (Phi) is 7.97. The van der Waals surface area contributed by atoms with Gasteiger partial charge in [-0.1, -0.05) is 43.0 Å². The molecule has 0 saturated heterocycles. The van der Waals surface area contributed by atoms with Gasteiger partial charge in [-0.15, -0.1) is 0 Å². The van der Waals surface area contributed by atoms with Crippen LogP contribution < -0.4 is 0 Å². The van der Waals surface area contributed by atoms with E-state index in [1.807, 2.05) is 63.4 Å². The van der Waals surface area contributed by atoms with Crippen LogP contribution in [0.4, 0.5) is 0 Å². The van der Waals surface area contributed by atoms with E-state index in [0.717, 1.165) is 11.3 Å². The van der Waals surface area contributed by atoms with Crippen LogP contribution in [0.3, 0.4) is 0 Å². The minimum atomic E-state index is 0.929. The fraction of sp³-hybridized carbons (Fsp3) is 0.214. The van der Waals surface area contributed by atoms with Crippen molar-refractivity contribution in [3.8, 4) is 0 Å². The van der Waals surface area contributed by atoms with Gasteiger partial charge in [-0.3, -0.25) is 4.99 Å². The molecule has 0 aromatic rings. The third-order valence-electron chi connectivity index (χ3n) is 1.75. The number of allylic oxidation sites excluding steroid dienone is 8. The third-order valence-corrected chi connectivity index (χ3v) is 1.75. The fourth-order valence-electron chi connectivity index (χ4n) is 0.936. The van der Waals surface area contributed by atoms with Crippen molar-refractivity contribution in [3.05, 3.63) is 60.4 Å². The van der Waals surface area contributed by atoms with Crippen molar-refractivity contribution in [1.29, 1.82) is 0 Å². The van der Waals surface area contributed by atoms with Crippen molar-refractivity contribution in [2.75, 3.05) is 0 Å². The zero-order valence-corrected chi connectivity index (χ0v) is 9.77. The molecule has 0 aromatic heterocycles. The summed E-state index contributed by atoms with van der Waals surface area (Å²) in [6.07, 6.45) is 15.4. The van der Waals surface area contributed by atoms with Gasteiger partial charge in [0, 0.05) is 6.21 Å². The Balaban J connectivity index is 4.61. The van der Waals surface area contributed by atoms with Crippen molar-refractivity contribution in [3.63, 3.8) is 0 Å².